The fraction of sp³-hybridized carbons (Fsp3) is 0.412. The zero-order valence-corrected chi connectivity index (χ0v) is 14.3. The molecule has 4 rings (SSSR count). The number of fused-ring (bicyclic) bond motifs is 1. The van der Waals surface area contributed by atoms with Crippen LogP contribution in [0.1, 0.15) is 12.6 Å². The van der Waals surface area contributed by atoms with Gasteiger partial charge in [-0.2, -0.15) is 0 Å². The van der Waals surface area contributed by atoms with Gasteiger partial charge in [-0.3, -0.25) is 4.79 Å². The molecule has 1 amide bonds. The first-order valence-electron chi connectivity index (χ1n) is 8.04. The molecule has 1 saturated heterocycles. The first-order chi connectivity index (χ1) is 11.7. The van der Waals surface area contributed by atoms with Gasteiger partial charge in [0.2, 0.25) is 12.7 Å². The van der Waals surface area contributed by atoms with Crippen LogP contribution in [-0.4, -0.2) is 48.3 Å². The van der Waals surface area contributed by atoms with Gasteiger partial charge in [-0.25, -0.2) is 4.98 Å². The van der Waals surface area contributed by atoms with Crippen molar-refractivity contribution in [2.75, 3.05) is 26.4 Å². The number of hydrogen-bond donors (Lipinski definition) is 1. The topological polar surface area (TPSA) is 63.7 Å². The number of carbonyl (C=O) groups excluding carboxylic acids is 1. The molecule has 0 saturated carbocycles. The van der Waals surface area contributed by atoms with Crippen molar-refractivity contribution in [3.8, 4) is 22.1 Å². The Hall–Kier alpha value is -2.12. The van der Waals surface area contributed by atoms with Crippen LogP contribution in [-0.2, 0) is 11.2 Å². The summed E-state index contributed by atoms with van der Waals surface area (Å²) in [4.78, 5) is 19.0. The number of benzene rings is 1. The number of amides is 1. The number of ether oxygens (including phenoxy) is 2. The van der Waals surface area contributed by atoms with Crippen molar-refractivity contribution in [2.24, 2.45) is 0 Å². The second-order valence-electron chi connectivity index (χ2n) is 6.08. The number of rotatable bonds is 3. The summed E-state index contributed by atoms with van der Waals surface area (Å²) >= 11 is 1.55. The molecule has 2 aliphatic rings. The highest BCUT2D eigenvalue weighted by Gasteiger charge is 2.21. The maximum atomic E-state index is 12.4. The van der Waals surface area contributed by atoms with E-state index in [4.69, 9.17) is 9.47 Å². The second-order valence-corrected chi connectivity index (χ2v) is 6.94. The Labute approximate surface area is 144 Å². The van der Waals surface area contributed by atoms with Gasteiger partial charge < -0.3 is 19.7 Å². The molecule has 3 heterocycles. The average molecular weight is 345 g/mol. The minimum absolute atomic E-state index is 0.144. The van der Waals surface area contributed by atoms with E-state index in [1.807, 2.05) is 28.5 Å². The quantitative estimate of drug-likeness (QED) is 0.921. The van der Waals surface area contributed by atoms with E-state index in [0.717, 1.165) is 47.4 Å². The predicted molar refractivity (Wildman–Crippen MR) is 91.4 cm³/mol. The van der Waals surface area contributed by atoms with Gasteiger partial charge in [-0.05, 0) is 25.1 Å². The van der Waals surface area contributed by atoms with Crippen molar-refractivity contribution >= 4 is 17.2 Å². The van der Waals surface area contributed by atoms with Crippen molar-refractivity contribution in [3.05, 3.63) is 29.3 Å². The van der Waals surface area contributed by atoms with Crippen molar-refractivity contribution in [3.63, 3.8) is 0 Å². The molecule has 2 aliphatic heterocycles. The summed E-state index contributed by atoms with van der Waals surface area (Å²) in [5.74, 6) is 1.65. The van der Waals surface area contributed by atoms with Gasteiger partial charge in [0.25, 0.3) is 0 Å². The molecule has 7 heteroatoms. The summed E-state index contributed by atoms with van der Waals surface area (Å²) < 4.78 is 10.7. The zero-order valence-electron chi connectivity index (χ0n) is 13.4. The SMILES string of the molecule is CC1CN(C(=O)Cc2csc(-c3ccc4c(c3)OCO4)n2)CCN1. The maximum Gasteiger partial charge on any atom is 0.231 e. The lowest BCUT2D eigenvalue weighted by Crippen LogP contribution is -2.51. The standard InChI is InChI=1S/C17H19N3O3S/c1-11-8-20(5-4-18-11)16(21)7-13-9-24-17(19-13)12-2-3-14-15(6-12)23-10-22-14/h2-3,6,9,11,18H,4-5,7-8,10H2,1H3. The predicted octanol–water partition coefficient (Wildman–Crippen LogP) is 1.90. The summed E-state index contributed by atoms with van der Waals surface area (Å²) in [7, 11) is 0. The number of carbonyl (C=O) groups is 1. The number of thiazole rings is 1. The number of piperazine rings is 1. The van der Waals surface area contributed by atoms with E-state index < -0.39 is 0 Å². The summed E-state index contributed by atoms with van der Waals surface area (Å²) in [6.45, 7) is 4.74. The Kier molecular flexibility index (Phi) is 4.12. The Bertz CT molecular complexity index is 761. The highest BCUT2D eigenvalue weighted by molar-refractivity contribution is 7.13. The zero-order chi connectivity index (χ0) is 16.5. The molecule has 1 atom stereocenters. The van der Waals surface area contributed by atoms with E-state index in [-0.39, 0.29) is 12.7 Å². The van der Waals surface area contributed by atoms with Gasteiger partial charge in [0.15, 0.2) is 11.5 Å². The summed E-state index contributed by atoms with van der Waals surface area (Å²) in [5.41, 5.74) is 1.81. The van der Waals surface area contributed by atoms with Crippen molar-refractivity contribution < 1.29 is 14.3 Å². The molecular formula is C17H19N3O3S. The van der Waals surface area contributed by atoms with E-state index in [1.54, 1.807) is 11.3 Å². The third-order valence-corrected chi connectivity index (χ3v) is 5.17. The molecule has 2 aromatic rings. The highest BCUT2D eigenvalue weighted by Crippen LogP contribution is 2.36. The molecule has 1 N–H and O–H groups in total. The lowest BCUT2D eigenvalue weighted by Gasteiger charge is -2.31. The van der Waals surface area contributed by atoms with Gasteiger partial charge >= 0.3 is 0 Å². The van der Waals surface area contributed by atoms with E-state index in [1.165, 1.54) is 0 Å². The summed E-state index contributed by atoms with van der Waals surface area (Å²) in [5, 5.41) is 6.20. The number of aromatic nitrogens is 1. The third-order valence-electron chi connectivity index (χ3n) is 4.23. The van der Waals surface area contributed by atoms with E-state index in [2.05, 4.69) is 17.2 Å². The van der Waals surface area contributed by atoms with Gasteiger partial charge in [0, 0.05) is 36.6 Å². The van der Waals surface area contributed by atoms with Crippen LogP contribution in [0.4, 0.5) is 0 Å². The van der Waals surface area contributed by atoms with E-state index >= 15 is 0 Å². The normalized spacial score (nSPS) is 19.5. The van der Waals surface area contributed by atoms with Crippen LogP contribution in [0.3, 0.4) is 0 Å². The molecule has 1 fully saturated rings. The molecule has 0 bridgehead atoms. The molecule has 6 nitrogen and oxygen atoms in total. The molecule has 0 spiro atoms. The van der Waals surface area contributed by atoms with Crippen LogP contribution in [0.15, 0.2) is 23.6 Å². The molecule has 126 valence electrons. The maximum absolute atomic E-state index is 12.4. The van der Waals surface area contributed by atoms with Gasteiger partial charge in [0.05, 0.1) is 12.1 Å². The number of nitrogens with zero attached hydrogens (tertiary/aromatic N) is 2. The lowest BCUT2D eigenvalue weighted by atomic mass is 10.2. The highest BCUT2D eigenvalue weighted by atomic mass is 32.1. The number of nitrogens with one attached hydrogen (secondary N) is 1. The van der Waals surface area contributed by atoms with Gasteiger partial charge in [0.1, 0.15) is 5.01 Å². The van der Waals surface area contributed by atoms with Crippen molar-refractivity contribution in [1.29, 1.82) is 0 Å². The van der Waals surface area contributed by atoms with Crippen molar-refractivity contribution in [2.45, 2.75) is 19.4 Å². The van der Waals surface area contributed by atoms with Gasteiger partial charge in [-0.15, -0.1) is 11.3 Å². The Morgan fingerprint density at radius 3 is 3.17 bits per heavy atom. The summed E-state index contributed by atoms with van der Waals surface area (Å²) in [6.07, 6.45) is 0.355. The Balaban J connectivity index is 1.46. The molecule has 1 unspecified atom stereocenters. The monoisotopic (exact) mass is 345 g/mol. The fourth-order valence-electron chi connectivity index (χ4n) is 2.98. The van der Waals surface area contributed by atoms with Crippen LogP contribution in [0.2, 0.25) is 0 Å². The first kappa shape index (κ1) is 15.4. The van der Waals surface area contributed by atoms with Gasteiger partial charge in [-0.1, -0.05) is 0 Å². The molecule has 0 aliphatic carbocycles. The Morgan fingerprint density at radius 1 is 1.42 bits per heavy atom. The van der Waals surface area contributed by atoms with Crippen molar-refractivity contribution in [1.82, 2.24) is 15.2 Å². The lowest BCUT2D eigenvalue weighted by molar-refractivity contribution is -0.131. The van der Waals surface area contributed by atoms with Crippen LogP contribution >= 0.6 is 11.3 Å². The third kappa shape index (κ3) is 3.09. The molecule has 1 aromatic carbocycles. The van der Waals surface area contributed by atoms with E-state index in [9.17, 15) is 4.79 Å². The molecular weight excluding hydrogens is 326 g/mol. The van der Waals surface area contributed by atoms with Crippen LogP contribution in [0.25, 0.3) is 10.6 Å². The second kappa shape index (κ2) is 6.41. The smallest absolute Gasteiger partial charge is 0.231 e. The minimum Gasteiger partial charge on any atom is -0.454 e. The Morgan fingerprint density at radius 2 is 2.29 bits per heavy atom. The minimum atomic E-state index is 0.144. The number of hydrogen-bond acceptors (Lipinski definition) is 6. The van der Waals surface area contributed by atoms with Crippen LogP contribution < -0.4 is 14.8 Å². The van der Waals surface area contributed by atoms with Crippen LogP contribution in [0.5, 0.6) is 11.5 Å². The molecule has 1 aromatic heterocycles. The molecule has 0 radical (unpaired) electrons. The largest absolute Gasteiger partial charge is 0.454 e. The van der Waals surface area contributed by atoms with Crippen LogP contribution in [0, 0.1) is 0 Å². The molecule has 24 heavy (non-hydrogen) atoms. The first-order valence-corrected chi connectivity index (χ1v) is 8.92. The van der Waals surface area contributed by atoms with E-state index in [0.29, 0.717) is 12.5 Å². The summed E-state index contributed by atoms with van der Waals surface area (Å²) in [6, 6.07) is 6.15. The fourth-order valence-corrected chi connectivity index (χ4v) is 3.79. The average Bonchev–Trinajstić information content (AvgIpc) is 3.23.